The first-order valence-electron chi connectivity index (χ1n) is 10.1. The van der Waals surface area contributed by atoms with Crippen molar-refractivity contribution in [2.45, 2.75) is 46.8 Å². The summed E-state index contributed by atoms with van der Waals surface area (Å²) in [6.07, 6.45) is -0.815. The molecule has 2 unspecified atom stereocenters. The third kappa shape index (κ3) is 6.88. The lowest BCUT2D eigenvalue weighted by atomic mass is 10.1. The van der Waals surface area contributed by atoms with Gasteiger partial charge in [0, 0.05) is 16.5 Å². The van der Waals surface area contributed by atoms with Crippen LogP contribution in [0.2, 0.25) is 0 Å². The first-order valence-corrected chi connectivity index (χ1v) is 10.1. The number of carbonyl (C=O) groups is 2. The summed E-state index contributed by atoms with van der Waals surface area (Å²) in [6, 6.07) is 9.61. The topological polar surface area (TPSA) is 71.1 Å². The minimum Gasteiger partial charge on any atom is -0.490 e. The SMILES string of the molecule is C=C(C)C(=O)OC(C)COc1ccc2c(OCC(C)OC(=O)C(=C)C)c(C)ccc2c1. The number of esters is 2. The van der Waals surface area contributed by atoms with Gasteiger partial charge in [-0.25, -0.2) is 9.59 Å². The van der Waals surface area contributed by atoms with E-state index in [2.05, 4.69) is 13.2 Å². The Morgan fingerprint density at radius 3 is 1.97 bits per heavy atom. The average molecular weight is 427 g/mol. The summed E-state index contributed by atoms with van der Waals surface area (Å²) in [5.74, 6) is 0.515. The summed E-state index contributed by atoms with van der Waals surface area (Å²) >= 11 is 0. The van der Waals surface area contributed by atoms with Crippen LogP contribution in [-0.2, 0) is 19.1 Å². The molecule has 0 aliphatic carbocycles. The summed E-state index contributed by atoms with van der Waals surface area (Å²) in [7, 11) is 0. The van der Waals surface area contributed by atoms with Crippen LogP contribution >= 0.6 is 0 Å². The maximum Gasteiger partial charge on any atom is 0.333 e. The van der Waals surface area contributed by atoms with Crippen molar-refractivity contribution in [2.75, 3.05) is 13.2 Å². The van der Waals surface area contributed by atoms with E-state index in [1.54, 1.807) is 27.7 Å². The Labute approximate surface area is 183 Å². The van der Waals surface area contributed by atoms with Gasteiger partial charge in [0.05, 0.1) is 0 Å². The second kappa shape index (κ2) is 10.7. The lowest BCUT2D eigenvalue weighted by Gasteiger charge is -2.18. The predicted molar refractivity (Wildman–Crippen MR) is 120 cm³/mol. The Balaban J connectivity index is 2.07. The fourth-order valence-corrected chi connectivity index (χ4v) is 2.72. The van der Waals surface area contributed by atoms with Crippen molar-refractivity contribution >= 4 is 22.7 Å². The molecule has 31 heavy (non-hydrogen) atoms. The maximum absolute atomic E-state index is 11.7. The quantitative estimate of drug-likeness (QED) is 0.397. The maximum atomic E-state index is 11.7. The molecule has 0 aliphatic heterocycles. The van der Waals surface area contributed by atoms with E-state index in [9.17, 15) is 9.59 Å². The van der Waals surface area contributed by atoms with E-state index < -0.39 is 24.1 Å². The molecule has 0 amide bonds. The average Bonchev–Trinajstić information content (AvgIpc) is 2.71. The van der Waals surface area contributed by atoms with Gasteiger partial charge in [-0.2, -0.15) is 0 Å². The minimum atomic E-state index is -0.435. The van der Waals surface area contributed by atoms with Gasteiger partial charge < -0.3 is 18.9 Å². The van der Waals surface area contributed by atoms with Crippen molar-refractivity contribution in [3.8, 4) is 11.5 Å². The molecular formula is C25H30O6. The number of hydrogen-bond acceptors (Lipinski definition) is 6. The second-order valence-corrected chi connectivity index (χ2v) is 7.71. The molecule has 2 rings (SSSR count). The van der Waals surface area contributed by atoms with Crippen molar-refractivity contribution < 1.29 is 28.5 Å². The van der Waals surface area contributed by atoms with Gasteiger partial charge in [-0.05, 0) is 63.8 Å². The van der Waals surface area contributed by atoms with E-state index in [4.69, 9.17) is 18.9 Å². The number of benzene rings is 2. The number of hydrogen-bond donors (Lipinski definition) is 0. The molecule has 0 aliphatic rings. The van der Waals surface area contributed by atoms with E-state index in [0.717, 1.165) is 22.1 Å². The molecular weight excluding hydrogens is 396 g/mol. The van der Waals surface area contributed by atoms with Crippen LogP contribution in [0.1, 0.15) is 33.3 Å². The number of rotatable bonds is 10. The molecule has 2 aromatic rings. The highest BCUT2D eigenvalue weighted by molar-refractivity contribution is 5.90. The Bertz CT molecular complexity index is 991. The van der Waals surface area contributed by atoms with Crippen LogP contribution in [0, 0.1) is 6.92 Å². The second-order valence-electron chi connectivity index (χ2n) is 7.71. The largest absolute Gasteiger partial charge is 0.490 e. The third-order valence-electron chi connectivity index (χ3n) is 4.40. The molecule has 2 atom stereocenters. The highest BCUT2D eigenvalue weighted by atomic mass is 16.6. The normalized spacial score (nSPS) is 12.5. The molecule has 0 aromatic heterocycles. The van der Waals surface area contributed by atoms with Gasteiger partial charge in [-0.1, -0.05) is 25.3 Å². The molecule has 0 saturated heterocycles. The zero-order chi connectivity index (χ0) is 23.1. The number of fused-ring (bicyclic) bond motifs is 1. The molecule has 166 valence electrons. The molecule has 0 fully saturated rings. The number of ether oxygens (including phenoxy) is 4. The Morgan fingerprint density at radius 1 is 0.871 bits per heavy atom. The molecule has 0 heterocycles. The van der Waals surface area contributed by atoms with Gasteiger partial charge in [-0.3, -0.25) is 0 Å². The van der Waals surface area contributed by atoms with Crippen LogP contribution in [-0.4, -0.2) is 37.4 Å². The van der Waals surface area contributed by atoms with Gasteiger partial charge in [0.1, 0.15) is 36.9 Å². The summed E-state index contributed by atoms with van der Waals surface area (Å²) in [4.78, 5) is 23.2. The molecule has 0 bridgehead atoms. The summed E-state index contributed by atoms with van der Waals surface area (Å²) < 4.78 is 22.3. The van der Waals surface area contributed by atoms with Crippen LogP contribution < -0.4 is 9.47 Å². The van der Waals surface area contributed by atoms with Crippen LogP contribution in [0.25, 0.3) is 10.8 Å². The van der Waals surface area contributed by atoms with Crippen LogP contribution in [0.4, 0.5) is 0 Å². The predicted octanol–water partition coefficient (Wildman–Crippen LogP) is 4.92. The molecule has 0 radical (unpaired) electrons. The van der Waals surface area contributed by atoms with Crippen LogP contribution in [0.15, 0.2) is 54.6 Å². The molecule has 0 N–H and O–H groups in total. The smallest absolute Gasteiger partial charge is 0.333 e. The highest BCUT2D eigenvalue weighted by Gasteiger charge is 2.14. The Kier molecular flexibility index (Phi) is 8.25. The van der Waals surface area contributed by atoms with Crippen molar-refractivity contribution in [1.82, 2.24) is 0 Å². The number of aryl methyl sites for hydroxylation is 1. The third-order valence-corrected chi connectivity index (χ3v) is 4.40. The van der Waals surface area contributed by atoms with E-state index >= 15 is 0 Å². The summed E-state index contributed by atoms with van der Waals surface area (Å²) in [6.45, 7) is 16.3. The van der Waals surface area contributed by atoms with Crippen LogP contribution in [0.5, 0.6) is 11.5 Å². The van der Waals surface area contributed by atoms with Gasteiger partial charge in [0.15, 0.2) is 0 Å². The van der Waals surface area contributed by atoms with Crippen molar-refractivity contribution in [3.63, 3.8) is 0 Å². The molecule has 6 nitrogen and oxygen atoms in total. The monoisotopic (exact) mass is 426 g/mol. The van der Waals surface area contributed by atoms with Gasteiger partial charge >= 0.3 is 11.9 Å². The molecule has 0 spiro atoms. The molecule has 2 aromatic carbocycles. The van der Waals surface area contributed by atoms with Gasteiger partial charge in [-0.15, -0.1) is 0 Å². The molecule has 6 heteroatoms. The van der Waals surface area contributed by atoms with E-state index in [0.29, 0.717) is 16.9 Å². The summed E-state index contributed by atoms with van der Waals surface area (Å²) in [5.41, 5.74) is 1.67. The van der Waals surface area contributed by atoms with E-state index in [1.807, 2.05) is 37.3 Å². The number of carbonyl (C=O) groups excluding carboxylic acids is 2. The van der Waals surface area contributed by atoms with E-state index in [1.165, 1.54) is 0 Å². The fourth-order valence-electron chi connectivity index (χ4n) is 2.72. The van der Waals surface area contributed by atoms with Gasteiger partial charge in [0.2, 0.25) is 0 Å². The van der Waals surface area contributed by atoms with Crippen molar-refractivity contribution in [2.24, 2.45) is 0 Å². The zero-order valence-electron chi connectivity index (χ0n) is 18.8. The van der Waals surface area contributed by atoms with Crippen LogP contribution in [0.3, 0.4) is 0 Å². The Hall–Kier alpha value is -3.28. The minimum absolute atomic E-state index is 0.225. The zero-order valence-corrected chi connectivity index (χ0v) is 18.8. The Morgan fingerprint density at radius 2 is 1.42 bits per heavy atom. The standard InChI is InChI=1S/C25H30O6/c1-15(2)24(26)30-18(6)13-28-21-10-11-22-20(12-21)9-8-17(5)23(22)29-14-19(7)31-25(27)16(3)4/h8-12,18-19H,1,3,13-14H2,2,4-7H3. The lowest BCUT2D eigenvalue weighted by Crippen LogP contribution is -2.22. The molecule has 0 saturated carbocycles. The first kappa shape index (κ1) is 24.0. The fraction of sp³-hybridized carbons (Fsp3) is 0.360. The van der Waals surface area contributed by atoms with Crippen molar-refractivity contribution in [3.05, 3.63) is 60.2 Å². The lowest BCUT2D eigenvalue weighted by molar-refractivity contribution is -0.145. The summed E-state index contributed by atoms with van der Waals surface area (Å²) in [5, 5.41) is 1.86. The van der Waals surface area contributed by atoms with E-state index in [-0.39, 0.29) is 13.2 Å². The highest BCUT2D eigenvalue weighted by Crippen LogP contribution is 2.32. The first-order chi connectivity index (χ1) is 14.6. The van der Waals surface area contributed by atoms with Gasteiger partial charge in [0.25, 0.3) is 0 Å². The van der Waals surface area contributed by atoms with Crippen molar-refractivity contribution in [1.29, 1.82) is 0 Å².